The largest absolute Gasteiger partial charge is 0.507 e. The zero-order chi connectivity index (χ0) is 19.5. The van der Waals surface area contributed by atoms with Gasteiger partial charge in [0.25, 0.3) is 0 Å². The van der Waals surface area contributed by atoms with E-state index in [1.165, 1.54) is 24.8 Å². The number of hydrogen-bond acceptors (Lipinski definition) is 3. The van der Waals surface area contributed by atoms with Crippen LogP contribution < -0.4 is 0 Å². The standard InChI is InChI=1S/C24H26BrNO2/c1-15-2-3-19(8-21(15)26-13-18-7-20(25)4-5-22(18)27)23-9-16-6-17(10-23)12-24(28,11-16)14-23/h2-5,7-8,13,16-17,27-28H,6,9-12,14H2,1H3. The molecule has 4 aliphatic carbocycles. The van der Waals surface area contributed by atoms with Crippen LogP contribution in [-0.4, -0.2) is 22.0 Å². The van der Waals surface area contributed by atoms with Gasteiger partial charge in [0.2, 0.25) is 0 Å². The smallest absolute Gasteiger partial charge is 0.124 e. The first-order valence-electron chi connectivity index (χ1n) is 10.2. The quantitative estimate of drug-likeness (QED) is 0.593. The lowest BCUT2D eigenvalue weighted by Gasteiger charge is -2.60. The van der Waals surface area contributed by atoms with Crippen molar-refractivity contribution in [1.82, 2.24) is 0 Å². The number of aryl methyl sites for hydroxylation is 1. The van der Waals surface area contributed by atoms with Crippen molar-refractivity contribution in [3.05, 3.63) is 57.6 Å². The van der Waals surface area contributed by atoms with Gasteiger partial charge in [0.05, 0.1) is 11.3 Å². The number of benzene rings is 2. The van der Waals surface area contributed by atoms with Gasteiger partial charge in [-0.3, -0.25) is 4.99 Å². The summed E-state index contributed by atoms with van der Waals surface area (Å²) in [5.74, 6) is 1.56. The maximum atomic E-state index is 11.1. The summed E-state index contributed by atoms with van der Waals surface area (Å²) in [5, 5.41) is 21.2. The molecule has 2 atom stereocenters. The third kappa shape index (κ3) is 3.11. The van der Waals surface area contributed by atoms with Gasteiger partial charge in [-0.05, 0) is 98.1 Å². The number of aromatic hydroxyl groups is 1. The lowest BCUT2D eigenvalue weighted by atomic mass is 9.46. The van der Waals surface area contributed by atoms with Crippen molar-refractivity contribution >= 4 is 27.8 Å². The molecule has 2 aromatic carbocycles. The summed E-state index contributed by atoms with van der Waals surface area (Å²) in [4.78, 5) is 4.72. The highest BCUT2D eigenvalue weighted by atomic mass is 79.9. The Labute approximate surface area is 174 Å². The fourth-order valence-electron chi connectivity index (χ4n) is 6.40. The third-order valence-corrected chi connectivity index (χ3v) is 7.68. The molecule has 0 amide bonds. The van der Waals surface area contributed by atoms with Crippen LogP contribution in [0.1, 0.15) is 55.2 Å². The molecule has 0 saturated heterocycles. The second-order valence-corrected chi connectivity index (χ2v) is 10.3. The van der Waals surface area contributed by atoms with E-state index in [0.29, 0.717) is 17.4 Å². The first-order chi connectivity index (χ1) is 13.3. The molecule has 4 aliphatic rings. The molecule has 0 radical (unpaired) electrons. The van der Waals surface area contributed by atoms with Gasteiger partial charge in [-0.15, -0.1) is 0 Å². The number of rotatable bonds is 3. The van der Waals surface area contributed by atoms with E-state index in [2.05, 4.69) is 41.1 Å². The van der Waals surface area contributed by atoms with Gasteiger partial charge in [0.1, 0.15) is 5.75 Å². The molecule has 4 saturated carbocycles. The minimum Gasteiger partial charge on any atom is -0.507 e. The van der Waals surface area contributed by atoms with Crippen LogP contribution >= 0.6 is 15.9 Å². The molecule has 4 bridgehead atoms. The summed E-state index contributed by atoms with van der Waals surface area (Å²) in [6.07, 6.45) is 8.30. The van der Waals surface area contributed by atoms with Crippen LogP contribution in [0, 0.1) is 18.8 Å². The molecule has 6 rings (SSSR count). The van der Waals surface area contributed by atoms with E-state index in [0.717, 1.165) is 35.0 Å². The number of phenolic OH excluding ortho intramolecular Hbond substituents is 1. The van der Waals surface area contributed by atoms with Gasteiger partial charge in [0.15, 0.2) is 0 Å². The minimum atomic E-state index is -0.458. The molecule has 146 valence electrons. The molecule has 2 aromatic rings. The SMILES string of the molecule is Cc1ccc(C23CC4CC(CC(O)(C4)C2)C3)cc1N=Cc1cc(Br)ccc1O. The van der Waals surface area contributed by atoms with Crippen LogP contribution in [0.5, 0.6) is 5.75 Å². The second-order valence-electron chi connectivity index (χ2n) is 9.43. The van der Waals surface area contributed by atoms with Crippen molar-refractivity contribution in [3.8, 4) is 5.75 Å². The van der Waals surface area contributed by atoms with Gasteiger partial charge in [-0.2, -0.15) is 0 Å². The molecule has 0 aliphatic heterocycles. The average Bonchev–Trinajstić information content (AvgIpc) is 2.61. The van der Waals surface area contributed by atoms with Crippen LogP contribution in [-0.2, 0) is 5.41 Å². The fraction of sp³-hybridized carbons (Fsp3) is 0.458. The summed E-state index contributed by atoms with van der Waals surface area (Å²) in [6.45, 7) is 2.07. The van der Waals surface area contributed by atoms with Crippen molar-refractivity contribution in [1.29, 1.82) is 0 Å². The van der Waals surface area contributed by atoms with E-state index in [1.807, 2.05) is 12.1 Å². The number of aliphatic imine (C=N–C) groups is 1. The summed E-state index contributed by atoms with van der Waals surface area (Å²) < 4.78 is 0.916. The maximum absolute atomic E-state index is 11.1. The van der Waals surface area contributed by atoms with Crippen LogP contribution in [0.3, 0.4) is 0 Å². The molecule has 3 nitrogen and oxygen atoms in total. The van der Waals surface area contributed by atoms with E-state index >= 15 is 0 Å². The zero-order valence-corrected chi connectivity index (χ0v) is 17.7. The Bertz CT molecular complexity index is 953. The number of phenols is 1. The van der Waals surface area contributed by atoms with Crippen LogP contribution in [0.4, 0.5) is 5.69 Å². The Kier molecular flexibility index (Phi) is 4.22. The minimum absolute atomic E-state index is 0.106. The molecule has 0 aromatic heterocycles. The van der Waals surface area contributed by atoms with E-state index in [9.17, 15) is 10.2 Å². The molecule has 4 fully saturated rings. The summed E-state index contributed by atoms with van der Waals surface area (Å²) in [6, 6.07) is 12.0. The molecule has 0 spiro atoms. The summed E-state index contributed by atoms with van der Waals surface area (Å²) >= 11 is 3.45. The molecule has 4 heteroatoms. The van der Waals surface area contributed by atoms with Crippen molar-refractivity contribution in [2.45, 2.75) is 56.5 Å². The Hall–Kier alpha value is -1.65. The molecule has 2 N–H and O–H groups in total. The van der Waals surface area contributed by atoms with Crippen molar-refractivity contribution < 1.29 is 10.2 Å². The Morgan fingerprint density at radius 1 is 1.07 bits per heavy atom. The zero-order valence-electron chi connectivity index (χ0n) is 16.2. The van der Waals surface area contributed by atoms with E-state index in [4.69, 9.17) is 4.99 Å². The number of halogens is 1. The van der Waals surface area contributed by atoms with Crippen molar-refractivity contribution in [2.75, 3.05) is 0 Å². The summed E-state index contributed by atoms with van der Waals surface area (Å²) in [7, 11) is 0. The second kappa shape index (κ2) is 6.43. The first-order valence-corrected chi connectivity index (χ1v) is 11.0. The van der Waals surface area contributed by atoms with Gasteiger partial charge < -0.3 is 10.2 Å². The number of aliphatic hydroxyl groups is 1. The topological polar surface area (TPSA) is 52.8 Å². The lowest BCUT2D eigenvalue weighted by Crippen LogP contribution is -2.57. The van der Waals surface area contributed by atoms with Gasteiger partial charge >= 0.3 is 0 Å². The highest BCUT2D eigenvalue weighted by Crippen LogP contribution is 2.62. The lowest BCUT2D eigenvalue weighted by molar-refractivity contribution is -0.136. The van der Waals surface area contributed by atoms with Crippen LogP contribution in [0.15, 0.2) is 45.9 Å². The maximum Gasteiger partial charge on any atom is 0.124 e. The van der Waals surface area contributed by atoms with Gasteiger partial charge in [0, 0.05) is 16.3 Å². The first kappa shape index (κ1) is 18.4. The van der Waals surface area contributed by atoms with E-state index in [1.54, 1.807) is 12.3 Å². The average molecular weight is 440 g/mol. The van der Waals surface area contributed by atoms with E-state index in [-0.39, 0.29) is 11.2 Å². The van der Waals surface area contributed by atoms with Gasteiger partial charge in [-0.25, -0.2) is 0 Å². The van der Waals surface area contributed by atoms with E-state index < -0.39 is 5.60 Å². The number of nitrogens with zero attached hydrogens (tertiary/aromatic N) is 1. The van der Waals surface area contributed by atoms with Crippen LogP contribution in [0.25, 0.3) is 0 Å². The predicted octanol–water partition coefficient (Wildman–Crippen LogP) is 5.80. The monoisotopic (exact) mass is 439 g/mol. The molecule has 28 heavy (non-hydrogen) atoms. The highest BCUT2D eigenvalue weighted by Gasteiger charge is 2.57. The van der Waals surface area contributed by atoms with Crippen LogP contribution in [0.2, 0.25) is 0 Å². The third-order valence-electron chi connectivity index (χ3n) is 7.18. The van der Waals surface area contributed by atoms with Crippen molar-refractivity contribution in [2.24, 2.45) is 16.8 Å². The Morgan fingerprint density at radius 2 is 1.82 bits per heavy atom. The summed E-state index contributed by atoms with van der Waals surface area (Å²) in [5.41, 5.74) is 3.74. The fourth-order valence-corrected chi connectivity index (χ4v) is 6.78. The predicted molar refractivity (Wildman–Crippen MR) is 116 cm³/mol. The molecular formula is C24H26BrNO2. The normalized spacial score (nSPS) is 33.7. The number of hydrogen-bond donors (Lipinski definition) is 2. The van der Waals surface area contributed by atoms with Crippen molar-refractivity contribution in [3.63, 3.8) is 0 Å². The highest BCUT2D eigenvalue weighted by molar-refractivity contribution is 9.10. The Morgan fingerprint density at radius 3 is 2.54 bits per heavy atom. The van der Waals surface area contributed by atoms with Gasteiger partial charge in [-0.1, -0.05) is 28.1 Å². The molecule has 2 unspecified atom stereocenters. The molecular weight excluding hydrogens is 414 g/mol. The Balaban J connectivity index is 1.50. The molecule has 0 heterocycles.